The average molecular weight is 307 g/mol. The number of pyridine rings is 1. The van der Waals surface area contributed by atoms with Crippen molar-refractivity contribution in [3.05, 3.63) is 23.5 Å². The van der Waals surface area contributed by atoms with Crippen LogP contribution in [0, 0.1) is 0 Å². The summed E-state index contributed by atoms with van der Waals surface area (Å²) in [5.74, 6) is 0. The van der Waals surface area contributed by atoms with Crippen LogP contribution in [0.4, 0.5) is 8.78 Å². The van der Waals surface area contributed by atoms with Gasteiger partial charge in [0.1, 0.15) is 5.15 Å². The molecular formula is C6H3BrClF2NO2S. The van der Waals surface area contributed by atoms with Crippen LogP contribution in [0.25, 0.3) is 0 Å². The monoisotopic (exact) mass is 305 g/mol. The van der Waals surface area contributed by atoms with Gasteiger partial charge in [-0.2, -0.15) is 8.78 Å². The fourth-order valence-electron chi connectivity index (χ4n) is 0.655. The Balaban J connectivity index is 3.25. The molecule has 0 aliphatic rings. The van der Waals surface area contributed by atoms with E-state index in [0.29, 0.717) is 0 Å². The Bertz CT molecular complexity index is 428. The van der Waals surface area contributed by atoms with Crippen LogP contribution in [-0.4, -0.2) is 17.6 Å². The van der Waals surface area contributed by atoms with E-state index in [9.17, 15) is 17.2 Å². The average Bonchev–Trinajstić information content (AvgIpc) is 2.03. The van der Waals surface area contributed by atoms with Crippen LogP contribution in [0.1, 0.15) is 0 Å². The fourth-order valence-corrected chi connectivity index (χ4v) is 2.03. The molecule has 1 heterocycles. The molecule has 0 spiro atoms. The van der Waals surface area contributed by atoms with Gasteiger partial charge in [0.2, 0.25) is 0 Å². The van der Waals surface area contributed by atoms with E-state index < -0.39 is 18.9 Å². The van der Waals surface area contributed by atoms with Gasteiger partial charge < -0.3 is 0 Å². The summed E-state index contributed by atoms with van der Waals surface area (Å²) in [5.41, 5.74) is 0. The Kier molecular flexibility index (Phi) is 3.13. The maximum atomic E-state index is 12.6. The molecular weight excluding hydrogens is 303 g/mol. The standard InChI is InChI=1S/C6H3BrClF2NO2S/c7-6(9,10)14(12,13)4-1-2-5(8)11-3-4/h1-3H. The van der Waals surface area contributed by atoms with Crippen LogP contribution < -0.4 is 0 Å². The lowest BCUT2D eigenvalue weighted by Gasteiger charge is -2.08. The van der Waals surface area contributed by atoms with Gasteiger partial charge in [-0.25, -0.2) is 13.4 Å². The van der Waals surface area contributed by atoms with Gasteiger partial charge in [0.25, 0.3) is 9.84 Å². The van der Waals surface area contributed by atoms with E-state index in [1.807, 2.05) is 0 Å². The van der Waals surface area contributed by atoms with E-state index in [2.05, 4.69) is 4.98 Å². The molecule has 0 saturated carbocycles. The summed E-state index contributed by atoms with van der Waals surface area (Å²) in [7, 11) is -4.73. The summed E-state index contributed by atoms with van der Waals surface area (Å²) in [4.78, 5) is 2.80. The second kappa shape index (κ2) is 3.71. The molecule has 8 heteroatoms. The lowest BCUT2D eigenvalue weighted by atomic mass is 10.5. The normalized spacial score (nSPS) is 12.9. The first-order valence-corrected chi connectivity index (χ1v) is 5.83. The molecule has 78 valence electrons. The first-order chi connectivity index (χ1) is 6.25. The van der Waals surface area contributed by atoms with E-state index in [4.69, 9.17) is 11.6 Å². The first kappa shape index (κ1) is 11.8. The Morgan fingerprint density at radius 2 is 2.00 bits per heavy atom. The minimum atomic E-state index is -4.73. The lowest BCUT2D eigenvalue weighted by molar-refractivity contribution is 0.204. The Hall–Kier alpha value is -0.270. The second-order valence-corrected chi connectivity index (χ2v) is 6.16. The summed E-state index contributed by atoms with van der Waals surface area (Å²) in [6.45, 7) is 0. The molecule has 3 nitrogen and oxygen atoms in total. The Labute approximate surface area is 92.1 Å². The van der Waals surface area contributed by atoms with Crippen molar-refractivity contribution < 1.29 is 17.2 Å². The SMILES string of the molecule is O=S(=O)(c1ccc(Cl)nc1)C(F)(F)Br. The third-order valence-electron chi connectivity index (χ3n) is 1.32. The molecule has 14 heavy (non-hydrogen) atoms. The molecule has 0 bridgehead atoms. The smallest absolute Gasteiger partial charge is 0.243 e. The molecule has 0 N–H and O–H groups in total. The Morgan fingerprint density at radius 1 is 1.43 bits per heavy atom. The Morgan fingerprint density at radius 3 is 2.36 bits per heavy atom. The number of sulfone groups is 1. The highest BCUT2D eigenvalue weighted by Crippen LogP contribution is 2.34. The molecule has 0 saturated heterocycles. The first-order valence-electron chi connectivity index (χ1n) is 3.18. The van der Waals surface area contributed by atoms with Gasteiger partial charge >= 0.3 is 4.16 Å². The third kappa shape index (κ3) is 2.21. The van der Waals surface area contributed by atoms with Crippen LogP contribution >= 0.6 is 27.5 Å². The summed E-state index contributed by atoms with van der Waals surface area (Å²) in [6, 6.07) is 2.08. The van der Waals surface area contributed by atoms with E-state index in [-0.39, 0.29) is 5.15 Å². The van der Waals surface area contributed by atoms with Crippen LogP contribution in [-0.2, 0) is 9.84 Å². The van der Waals surface area contributed by atoms with Crippen molar-refractivity contribution in [3.8, 4) is 0 Å². The van der Waals surface area contributed by atoms with Crippen LogP contribution in [0.2, 0.25) is 5.15 Å². The minimum Gasteiger partial charge on any atom is -0.243 e. The van der Waals surface area contributed by atoms with Gasteiger partial charge in [-0.3, -0.25) is 0 Å². The van der Waals surface area contributed by atoms with Gasteiger partial charge in [0, 0.05) is 22.1 Å². The van der Waals surface area contributed by atoms with Crippen LogP contribution in [0.3, 0.4) is 0 Å². The zero-order valence-corrected chi connectivity index (χ0v) is 9.57. The zero-order valence-electron chi connectivity index (χ0n) is 6.42. The molecule has 1 rings (SSSR count). The van der Waals surface area contributed by atoms with E-state index in [0.717, 1.165) is 18.3 Å². The molecule has 0 aliphatic heterocycles. The predicted octanol–water partition coefficient (Wildman–Crippen LogP) is 2.45. The van der Waals surface area contributed by atoms with E-state index in [1.165, 1.54) is 0 Å². The predicted molar refractivity (Wildman–Crippen MR) is 50.3 cm³/mol. The number of hydrogen-bond donors (Lipinski definition) is 0. The van der Waals surface area contributed by atoms with Crippen molar-refractivity contribution in [3.63, 3.8) is 0 Å². The summed E-state index contributed by atoms with van der Waals surface area (Å²) in [6.07, 6.45) is 0.771. The maximum Gasteiger partial charge on any atom is 0.404 e. The fraction of sp³-hybridized carbons (Fsp3) is 0.167. The maximum absolute atomic E-state index is 12.6. The van der Waals surface area contributed by atoms with Crippen molar-refractivity contribution in [2.45, 2.75) is 9.06 Å². The van der Waals surface area contributed by atoms with Crippen LogP contribution in [0.5, 0.6) is 0 Å². The van der Waals surface area contributed by atoms with E-state index >= 15 is 0 Å². The molecule has 0 unspecified atom stereocenters. The van der Waals surface area contributed by atoms with Gasteiger partial charge in [-0.15, -0.1) is 0 Å². The van der Waals surface area contributed by atoms with Gasteiger partial charge in [-0.1, -0.05) is 11.6 Å². The molecule has 0 aliphatic carbocycles. The molecule has 0 aromatic carbocycles. The highest BCUT2D eigenvalue weighted by Gasteiger charge is 2.43. The van der Waals surface area contributed by atoms with Gasteiger partial charge in [-0.05, 0) is 12.1 Å². The molecule has 1 aromatic heterocycles. The van der Waals surface area contributed by atoms with Crippen molar-refractivity contribution in [1.82, 2.24) is 4.98 Å². The van der Waals surface area contributed by atoms with E-state index in [1.54, 1.807) is 15.9 Å². The summed E-state index contributed by atoms with van der Waals surface area (Å²) >= 11 is 7.14. The number of hydrogen-bond acceptors (Lipinski definition) is 3. The number of aromatic nitrogens is 1. The molecule has 0 amide bonds. The largest absolute Gasteiger partial charge is 0.404 e. The molecule has 0 radical (unpaired) electrons. The van der Waals surface area contributed by atoms with Crippen molar-refractivity contribution in [2.24, 2.45) is 0 Å². The van der Waals surface area contributed by atoms with Gasteiger partial charge in [0.05, 0.1) is 4.90 Å². The molecule has 1 aromatic rings. The molecule has 0 fully saturated rings. The highest BCUT2D eigenvalue weighted by atomic mass is 79.9. The van der Waals surface area contributed by atoms with Crippen LogP contribution in [0.15, 0.2) is 23.2 Å². The summed E-state index contributed by atoms with van der Waals surface area (Å²) < 4.78 is 43.3. The number of nitrogens with zero attached hydrogens (tertiary/aromatic N) is 1. The second-order valence-electron chi connectivity index (χ2n) is 2.27. The number of halogens is 4. The number of rotatable bonds is 2. The van der Waals surface area contributed by atoms with Gasteiger partial charge in [0.15, 0.2) is 0 Å². The minimum absolute atomic E-state index is 0.0295. The third-order valence-corrected chi connectivity index (χ3v) is 4.29. The number of alkyl halides is 3. The topological polar surface area (TPSA) is 47.0 Å². The van der Waals surface area contributed by atoms with Crippen molar-refractivity contribution in [1.29, 1.82) is 0 Å². The zero-order chi connectivity index (χ0) is 11.0. The summed E-state index contributed by atoms with van der Waals surface area (Å²) in [5, 5.41) is 0.0295. The van der Waals surface area contributed by atoms with Crippen molar-refractivity contribution in [2.75, 3.05) is 0 Å². The molecule has 0 atom stereocenters. The lowest BCUT2D eigenvalue weighted by Crippen LogP contribution is -2.21. The quantitative estimate of drug-likeness (QED) is 0.623. The van der Waals surface area contributed by atoms with Crippen molar-refractivity contribution >= 4 is 37.4 Å². The highest BCUT2D eigenvalue weighted by molar-refractivity contribution is 9.11.